The Bertz CT molecular complexity index is 706. The lowest BCUT2D eigenvalue weighted by molar-refractivity contribution is 0.105. The van der Waals surface area contributed by atoms with Crippen LogP contribution in [0.25, 0.3) is 0 Å². The second-order valence-electron chi connectivity index (χ2n) is 4.47. The first-order valence-corrected chi connectivity index (χ1v) is 6.49. The Balaban J connectivity index is 2.36. The van der Waals surface area contributed by atoms with E-state index in [-0.39, 0.29) is 5.78 Å². The number of Topliss-reactive ketones (excluding diaryl/α,β-unsaturated/α-hetero) is 1. The van der Waals surface area contributed by atoms with Crippen molar-refractivity contribution in [3.63, 3.8) is 0 Å². The van der Waals surface area contributed by atoms with Crippen molar-refractivity contribution in [2.75, 3.05) is 14.2 Å². The number of carbonyl (C=O) groups excluding carboxylic acids is 1. The van der Waals surface area contributed by atoms with E-state index < -0.39 is 0 Å². The largest absolute Gasteiger partial charge is 0.496 e. The molecule has 0 radical (unpaired) electrons. The first-order valence-electron chi connectivity index (χ1n) is 6.49. The summed E-state index contributed by atoms with van der Waals surface area (Å²) in [6.45, 7) is 1.87. The van der Waals surface area contributed by atoms with Crippen molar-refractivity contribution >= 4 is 5.78 Å². The van der Waals surface area contributed by atoms with Gasteiger partial charge in [-0.25, -0.2) is 0 Å². The van der Waals surface area contributed by atoms with Crippen LogP contribution in [0.15, 0.2) is 42.5 Å². The molecule has 3 heteroatoms. The van der Waals surface area contributed by atoms with Crippen LogP contribution < -0.4 is 9.47 Å². The Kier molecular flexibility index (Phi) is 4.63. The van der Waals surface area contributed by atoms with Crippen LogP contribution in [0.3, 0.4) is 0 Å². The summed E-state index contributed by atoms with van der Waals surface area (Å²) in [5.41, 5.74) is 2.11. The zero-order valence-corrected chi connectivity index (χ0v) is 12.3. The summed E-state index contributed by atoms with van der Waals surface area (Å²) < 4.78 is 10.5. The van der Waals surface area contributed by atoms with Crippen molar-refractivity contribution in [3.8, 4) is 23.3 Å². The highest BCUT2D eigenvalue weighted by molar-refractivity contribution is 6.11. The van der Waals surface area contributed by atoms with Gasteiger partial charge in [0.15, 0.2) is 0 Å². The average molecular weight is 280 g/mol. The van der Waals surface area contributed by atoms with Gasteiger partial charge in [-0.1, -0.05) is 24.1 Å². The third-order valence-electron chi connectivity index (χ3n) is 3.06. The molecule has 0 heterocycles. The summed E-state index contributed by atoms with van der Waals surface area (Å²) in [7, 11) is 3.10. The maximum atomic E-state index is 12.3. The normalized spacial score (nSPS) is 9.48. The molecule has 0 aliphatic carbocycles. The molecule has 106 valence electrons. The van der Waals surface area contributed by atoms with Crippen LogP contribution >= 0.6 is 0 Å². The fourth-order valence-electron chi connectivity index (χ4n) is 1.95. The number of methoxy groups -OCH3 is 2. The molecule has 2 aromatic rings. The standard InChI is InChI=1S/C18H16O3/c1-13-11-15(18(21-3)12-17(13)20-2)16(19)10-9-14-7-5-4-6-8-14/h4-8,11-12H,1-3H3. The molecule has 0 N–H and O–H groups in total. The third kappa shape index (κ3) is 3.43. The summed E-state index contributed by atoms with van der Waals surface area (Å²) >= 11 is 0. The van der Waals surface area contributed by atoms with E-state index in [0.717, 1.165) is 11.1 Å². The van der Waals surface area contributed by atoms with Crippen LogP contribution in [0.4, 0.5) is 0 Å². The van der Waals surface area contributed by atoms with E-state index >= 15 is 0 Å². The van der Waals surface area contributed by atoms with Gasteiger partial charge < -0.3 is 9.47 Å². The van der Waals surface area contributed by atoms with Crippen LogP contribution in [0.5, 0.6) is 11.5 Å². The van der Waals surface area contributed by atoms with Gasteiger partial charge in [-0.2, -0.15) is 0 Å². The van der Waals surface area contributed by atoms with Gasteiger partial charge >= 0.3 is 0 Å². The summed E-state index contributed by atoms with van der Waals surface area (Å²) in [6, 6.07) is 12.8. The molecule has 0 amide bonds. The van der Waals surface area contributed by atoms with Crippen molar-refractivity contribution in [2.45, 2.75) is 6.92 Å². The summed E-state index contributed by atoms with van der Waals surface area (Å²) in [4.78, 5) is 12.3. The first kappa shape index (κ1) is 14.7. The lowest BCUT2D eigenvalue weighted by Gasteiger charge is -2.10. The maximum Gasteiger partial charge on any atom is 0.239 e. The van der Waals surface area contributed by atoms with Gasteiger partial charge in [-0.3, -0.25) is 4.79 Å². The fourth-order valence-corrected chi connectivity index (χ4v) is 1.95. The van der Waals surface area contributed by atoms with E-state index in [4.69, 9.17) is 9.47 Å². The molecule has 0 fully saturated rings. The highest BCUT2D eigenvalue weighted by Crippen LogP contribution is 2.28. The van der Waals surface area contributed by atoms with Crippen molar-refractivity contribution in [2.24, 2.45) is 0 Å². The van der Waals surface area contributed by atoms with Crippen molar-refractivity contribution in [1.82, 2.24) is 0 Å². The fraction of sp³-hybridized carbons (Fsp3) is 0.167. The van der Waals surface area contributed by atoms with Crippen molar-refractivity contribution < 1.29 is 14.3 Å². The van der Waals surface area contributed by atoms with Crippen molar-refractivity contribution in [1.29, 1.82) is 0 Å². The van der Waals surface area contributed by atoms with Gasteiger partial charge in [0.2, 0.25) is 5.78 Å². The molecule has 0 unspecified atom stereocenters. The Hall–Kier alpha value is -2.73. The summed E-state index contributed by atoms with van der Waals surface area (Å²) in [5, 5.41) is 0. The van der Waals surface area contributed by atoms with Gasteiger partial charge in [0, 0.05) is 11.6 Å². The molecule has 0 aromatic heterocycles. The molecule has 0 aliphatic rings. The van der Waals surface area contributed by atoms with Gasteiger partial charge in [-0.15, -0.1) is 0 Å². The number of hydrogen-bond acceptors (Lipinski definition) is 3. The molecule has 0 saturated carbocycles. The van der Waals surface area contributed by atoms with E-state index in [1.807, 2.05) is 37.3 Å². The maximum absolute atomic E-state index is 12.3. The SMILES string of the molecule is COc1cc(OC)c(C(=O)C#Cc2ccccc2)cc1C. The zero-order valence-electron chi connectivity index (χ0n) is 12.3. The lowest BCUT2D eigenvalue weighted by Crippen LogP contribution is -2.01. The highest BCUT2D eigenvalue weighted by atomic mass is 16.5. The summed E-state index contributed by atoms with van der Waals surface area (Å²) in [6.07, 6.45) is 0. The third-order valence-corrected chi connectivity index (χ3v) is 3.06. The minimum atomic E-state index is -0.276. The van der Waals surface area contributed by atoms with E-state index in [1.165, 1.54) is 7.11 Å². The molecule has 0 atom stereocenters. The molecule has 0 spiro atoms. The predicted octanol–water partition coefficient (Wildman–Crippen LogP) is 3.25. The summed E-state index contributed by atoms with van der Waals surface area (Å²) in [5.74, 6) is 6.37. The smallest absolute Gasteiger partial charge is 0.239 e. The molecular weight excluding hydrogens is 264 g/mol. The molecule has 0 bridgehead atoms. The highest BCUT2D eigenvalue weighted by Gasteiger charge is 2.13. The quantitative estimate of drug-likeness (QED) is 0.639. The minimum Gasteiger partial charge on any atom is -0.496 e. The second kappa shape index (κ2) is 6.62. The molecular formula is C18H16O3. The Morgan fingerprint density at radius 1 is 1.00 bits per heavy atom. The molecule has 0 aliphatic heterocycles. The van der Waals surface area contributed by atoms with Crippen LogP contribution in [0.1, 0.15) is 21.5 Å². The van der Waals surface area contributed by atoms with Gasteiger partial charge in [0.1, 0.15) is 11.5 Å². The van der Waals surface area contributed by atoms with Gasteiger partial charge in [0.05, 0.1) is 19.8 Å². The minimum absolute atomic E-state index is 0.276. The van der Waals surface area contributed by atoms with Crippen LogP contribution in [-0.4, -0.2) is 20.0 Å². The zero-order chi connectivity index (χ0) is 15.2. The van der Waals surface area contributed by atoms with E-state index in [0.29, 0.717) is 17.1 Å². The van der Waals surface area contributed by atoms with Gasteiger partial charge in [0.25, 0.3) is 0 Å². The molecule has 21 heavy (non-hydrogen) atoms. The van der Waals surface area contributed by atoms with Crippen LogP contribution in [0, 0.1) is 18.8 Å². The number of carbonyl (C=O) groups is 1. The van der Waals surface area contributed by atoms with E-state index in [2.05, 4.69) is 11.8 Å². The van der Waals surface area contributed by atoms with Crippen molar-refractivity contribution in [3.05, 3.63) is 59.2 Å². The molecule has 2 aromatic carbocycles. The van der Waals surface area contributed by atoms with Crippen LogP contribution in [-0.2, 0) is 0 Å². The number of aryl methyl sites for hydroxylation is 1. The number of hydrogen-bond donors (Lipinski definition) is 0. The van der Waals surface area contributed by atoms with E-state index in [1.54, 1.807) is 19.2 Å². The molecule has 0 saturated heterocycles. The monoisotopic (exact) mass is 280 g/mol. The number of benzene rings is 2. The lowest BCUT2D eigenvalue weighted by atomic mass is 10.1. The predicted molar refractivity (Wildman–Crippen MR) is 81.9 cm³/mol. The Labute approximate surface area is 124 Å². The van der Waals surface area contributed by atoms with Gasteiger partial charge in [-0.05, 0) is 36.6 Å². The first-order chi connectivity index (χ1) is 10.2. The van der Waals surface area contributed by atoms with Crippen LogP contribution in [0.2, 0.25) is 0 Å². The molecule has 3 nitrogen and oxygen atoms in total. The number of rotatable bonds is 3. The van der Waals surface area contributed by atoms with E-state index in [9.17, 15) is 4.79 Å². The number of ketones is 1. The Morgan fingerprint density at radius 3 is 2.29 bits per heavy atom. The topological polar surface area (TPSA) is 35.5 Å². The number of ether oxygens (including phenoxy) is 2. The molecule has 2 rings (SSSR count). The second-order valence-corrected chi connectivity index (χ2v) is 4.47. The Morgan fingerprint density at radius 2 is 1.67 bits per heavy atom. The average Bonchev–Trinajstić information content (AvgIpc) is 2.53.